The minimum absolute atomic E-state index is 0.0139. The molecule has 0 aromatic carbocycles. The van der Waals surface area contributed by atoms with Crippen molar-refractivity contribution in [3.8, 4) is 0 Å². The molecule has 3 aliphatic heterocycles. The Morgan fingerprint density at radius 2 is 1.70 bits per heavy atom. The highest BCUT2D eigenvalue weighted by molar-refractivity contribution is 5.69. The number of likely N-dealkylation sites (tertiary alicyclic amines) is 1. The Kier molecular flexibility index (Phi) is 7.43. The fourth-order valence-electron chi connectivity index (χ4n) is 13.8. The first-order valence-electron chi connectivity index (χ1n) is 19.2. The molecule has 0 radical (unpaired) electrons. The summed E-state index contributed by atoms with van der Waals surface area (Å²) < 4.78 is 19.3. The summed E-state index contributed by atoms with van der Waals surface area (Å²) in [7, 11) is 0. The van der Waals surface area contributed by atoms with Gasteiger partial charge in [0.05, 0.1) is 24.4 Å². The van der Waals surface area contributed by atoms with Crippen molar-refractivity contribution in [3.63, 3.8) is 0 Å². The first-order chi connectivity index (χ1) is 22.2. The Balaban J connectivity index is 1.03. The average molecular weight is 656 g/mol. The van der Waals surface area contributed by atoms with Gasteiger partial charge in [-0.05, 0) is 104 Å². The molecule has 3 heterocycles. The van der Waals surface area contributed by atoms with Gasteiger partial charge in [0.2, 0.25) is 0 Å². The van der Waals surface area contributed by atoms with Crippen LogP contribution in [0.3, 0.4) is 0 Å². The lowest BCUT2D eigenvalue weighted by atomic mass is 9.41. The minimum atomic E-state index is -0.546. The van der Waals surface area contributed by atoms with E-state index in [1.807, 2.05) is 0 Å². The van der Waals surface area contributed by atoms with E-state index >= 15 is 0 Å². The molecule has 3 saturated heterocycles. The maximum atomic E-state index is 12.9. The molecule has 2 amide bonds. The summed E-state index contributed by atoms with van der Waals surface area (Å²) in [5.74, 6) is 1.76. The van der Waals surface area contributed by atoms with Crippen LogP contribution in [0.15, 0.2) is 0 Å². The molecule has 264 valence electrons. The van der Waals surface area contributed by atoms with E-state index in [2.05, 4.69) is 59.1 Å². The maximum Gasteiger partial charge on any atom is 0.410 e. The van der Waals surface area contributed by atoms with Gasteiger partial charge < -0.3 is 34.9 Å². The molecule has 8 aliphatic rings. The zero-order valence-corrected chi connectivity index (χ0v) is 30.0. The maximum absolute atomic E-state index is 12.9. The van der Waals surface area contributed by atoms with Gasteiger partial charge in [0.25, 0.3) is 0 Å². The van der Waals surface area contributed by atoms with E-state index in [4.69, 9.17) is 14.2 Å². The highest BCUT2D eigenvalue weighted by Crippen LogP contribution is 2.89. The van der Waals surface area contributed by atoms with Gasteiger partial charge in [-0.3, -0.25) is 0 Å². The van der Waals surface area contributed by atoms with Gasteiger partial charge in [0, 0.05) is 37.0 Å². The molecule has 8 rings (SSSR count). The van der Waals surface area contributed by atoms with Crippen LogP contribution in [0.2, 0.25) is 0 Å². The third-order valence-electron chi connectivity index (χ3n) is 16.5. The number of alkyl carbamates (subject to hydrolysis) is 1. The second-order valence-electron chi connectivity index (χ2n) is 18.9. The van der Waals surface area contributed by atoms with Crippen LogP contribution in [0.25, 0.3) is 0 Å². The molecule has 5 aliphatic carbocycles. The Bertz CT molecular complexity index is 1280. The third kappa shape index (κ3) is 4.30. The van der Waals surface area contributed by atoms with Gasteiger partial charge in [0.15, 0.2) is 0 Å². The van der Waals surface area contributed by atoms with Crippen molar-refractivity contribution in [2.75, 3.05) is 26.2 Å². The predicted molar refractivity (Wildman–Crippen MR) is 177 cm³/mol. The smallest absolute Gasteiger partial charge is 0.410 e. The van der Waals surface area contributed by atoms with E-state index < -0.39 is 6.10 Å². The summed E-state index contributed by atoms with van der Waals surface area (Å²) in [6.45, 7) is 19.4. The minimum Gasteiger partial charge on any atom is -0.446 e. The van der Waals surface area contributed by atoms with Crippen molar-refractivity contribution in [2.24, 2.45) is 56.7 Å². The first-order valence-corrected chi connectivity index (χ1v) is 19.2. The van der Waals surface area contributed by atoms with E-state index in [0.717, 1.165) is 71.1 Å². The van der Waals surface area contributed by atoms with E-state index in [1.165, 1.54) is 12.8 Å². The van der Waals surface area contributed by atoms with Crippen LogP contribution in [-0.4, -0.2) is 84.9 Å². The van der Waals surface area contributed by atoms with Crippen LogP contribution >= 0.6 is 0 Å². The molecule has 3 N–H and O–H groups in total. The van der Waals surface area contributed by atoms with Gasteiger partial charge in [-0.25, -0.2) is 9.59 Å². The number of ether oxygens (including phenoxy) is 3. The molecular weight excluding hydrogens is 594 g/mol. The normalized spacial score (nSPS) is 49.9. The van der Waals surface area contributed by atoms with Gasteiger partial charge in [-0.2, -0.15) is 0 Å². The summed E-state index contributed by atoms with van der Waals surface area (Å²) in [6, 6.07) is 0.181. The van der Waals surface area contributed by atoms with Gasteiger partial charge in [-0.1, -0.05) is 48.5 Å². The second-order valence-corrected chi connectivity index (χ2v) is 18.9. The number of amides is 2. The standard InChI is InChI=1S/C38H61N3O6/c1-21(2)29(47-33(44)41-15-8-16-41)24-17-22(3)28-30(45-24)31(42)36(7)26-10-9-25-34(4,5)27(46-32(43)40-23-18-39-19-23)11-12-37(25)20-38(26,37)14-13-35(28,36)6/h21-31,39,42H,8-20H2,1-7H3,(H,40,43)/t22-,24?,25+,26?,27+,28+,29-,30?,31+,35-,36-,37-,38+/m1/s1. The number of carbonyl (C=O) groups excluding carboxylic acids is 2. The number of nitrogens with one attached hydrogen (secondary N) is 2. The Labute approximate surface area is 282 Å². The summed E-state index contributed by atoms with van der Waals surface area (Å²) >= 11 is 0. The number of carbonyl (C=O) groups is 2. The van der Waals surface area contributed by atoms with Crippen LogP contribution in [0.4, 0.5) is 9.59 Å². The fourth-order valence-corrected chi connectivity index (χ4v) is 13.8. The quantitative estimate of drug-likeness (QED) is 0.347. The van der Waals surface area contributed by atoms with E-state index in [1.54, 1.807) is 4.90 Å². The molecule has 47 heavy (non-hydrogen) atoms. The number of nitrogens with zero attached hydrogens (tertiary/aromatic N) is 1. The summed E-state index contributed by atoms with van der Waals surface area (Å²) in [6.07, 6.45) is 7.93. The number of rotatable bonds is 5. The number of aliphatic hydroxyl groups is 1. The van der Waals surface area contributed by atoms with Crippen molar-refractivity contribution >= 4 is 12.2 Å². The Hall–Kier alpha value is -1.58. The summed E-state index contributed by atoms with van der Waals surface area (Å²) in [5.41, 5.74) is 0.175. The largest absolute Gasteiger partial charge is 0.446 e. The third-order valence-corrected chi connectivity index (χ3v) is 16.5. The van der Waals surface area contributed by atoms with Crippen LogP contribution < -0.4 is 10.6 Å². The topological polar surface area (TPSA) is 109 Å². The number of hydrogen-bond donors (Lipinski definition) is 3. The molecule has 9 heteroatoms. The molecule has 2 spiro atoms. The summed E-state index contributed by atoms with van der Waals surface area (Å²) in [5, 5.41) is 18.9. The molecule has 3 unspecified atom stereocenters. The molecule has 0 bridgehead atoms. The lowest BCUT2D eigenvalue weighted by Crippen LogP contribution is -2.60. The lowest BCUT2D eigenvalue weighted by Gasteiger charge is -2.63. The van der Waals surface area contributed by atoms with Crippen molar-refractivity contribution in [1.29, 1.82) is 0 Å². The molecule has 0 aromatic heterocycles. The van der Waals surface area contributed by atoms with E-state index in [0.29, 0.717) is 17.8 Å². The highest BCUT2D eigenvalue weighted by Gasteiger charge is 2.84. The monoisotopic (exact) mass is 655 g/mol. The fraction of sp³-hybridized carbons (Fsp3) is 0.947. The average Bonchev–Trinajstić information content (AvgIpc) is 3.59. The molecule has 8 fully saturated rings. The number of aliphatic hydroxyl groups excluding tert-OH is 1. The number of hydrogen-bond acceptors (Lipinski definition) is 7. The van der Waals surface area contributed by atoms with E-state index in [9.17, 15) is 14.7 Å². The molecule has 9 nitrogen and oxygen atoms in total. The molecule has 0 aromatic rings. The van der Waals surface area contributed by atoms with Crippen molar-refractivity contribution in [2.45, 2.75) is 143 Å². The Morgan fingerprint density at radius 3 is 2.34 bits per heavy atom. The van der Waals surface area contributed by atoms with Gasteiger partial charge in [-0.15, -0.1) is 0 Å². The zero-order chi connectivity index (χ0) is 33.3. The highest BCUT2D eigenvalue weighted by atomic mass is 16.6. The molecular formula is C38H61N3O6. The zero-order valence-electron chi connectivity index (χ0n) is 30.0. The van der Waals surface area contributed by atoms with Crippen LogP contribution in [0.1, 0.15) is 106 Å². The van der Waals surface area contributed by atoms with E-state index in [-0.39, 0.29) is 81.6 Å². The Morgan fingerprint density at radius 1 is 1.00 bits per heavy atom. The van der Waals surface area contributed by atoms with Crippen molar-refractivity contribution in [3.05, 3.63) is 0 Å². The van der Waals surface area contributed by atoms with Crippen molar-refractivity contribution in [1.82, 2.24) is 15.5 Å². The van der Waals surface area contributed by atoms with Crippen molar-refractivity contribution < 1.29 is 28.9 Å². The SMILES string of the molecule is CC(C)[C@@H](OC(=O)N1CCC1)C1C[C@@H](C)[C@H]2C(O1)[C@H](O)[C@@]1(C)C3CC[C@H]4C(C)(C)[C@@H](OC(=O)NC5CNC5)CC[C@@]45C[C@@]35CC[C@]21C. The van der Waals surface area contributed by atoms with Crippen LogP contribution in [-0.2, 0) is 14.2 Å². The second kappa shape index (κ2) is 10.7. The predicted octanol–water partition coefficient (Wildman–Crippen LogP) is 5.73. The summed E-state index contributed by atoms with van der Waals surface area (Å²) in [4.78, 5) is 27.5. The van der Waals surface area contributed by atoms with Crippen LogP contribution in [0, 0.1) is 56.7 Å². The lowest BCUT2D eigenvalue weighted by molar-refractivity contribution is -0.185. The first kappa shape index (κ1) is 32.6. The van der Waals surface area contributed by atoms with Gasteiger partial charge in [0.1, 0.15) is 12.2 Å². The van der Waals surface area contributed by atoms with Gasteiger partial charge >= 0.3 is 12.2 Å². The number of fused-ring (bicyclic) bond motifs is 4. The molecule has 5 saturated carbocycles. The van der Waals surface area contributed by atoms with Crippen LogP contribution in [0.5, 0.6) is 0 Å². The molecule has 13 atom stereocenters.